The first kappa shape index (κ1) is 13.6. The van der Waals surface area contributed by atoms with Gasteiger partial charge in [-0.3, -0.25) is 0 Å². The molecule has 0 unspecified atom stereocenters. The van der Waals surface area contributed by atoms with Gasteiger partial charge in [-0.05, 0) is 12.5 Å². The second-order valence-corrected chi connectivity index (χ2v) is 1.91. The van der Waals surface area contributed by atoms with Crippen LogP contribution in [-0.2, 0) is 4.74 Å². The molecule has 0 rings (SSSR count). The van der Waals surface area contributed by atoms with Crippen LogP contribution in [0.25, 0.3) is 0 Å². The lowest BCUT2D eigenvalue weighted by Crippen LogP contribution is -1.88. The van der Waals surface area contributed by atoms with Crippen molar-refractivity contribution < 1.29 is 4.74 Å². The van der Waals surface area contributed by atoms with Crippen molar-refractivity contribution in [1.29, 1.82) is 0 Å². The molecule has 1 heteroatoms. The molecule has 1 nitrogen and oxygen atoms in total. The third kappa shape index (κ3) is 11.8. The van der Waals surface area contributed by atoms with Crippen molar-refractivity contribution in [3.63, 3.8) is 0 Å². The Labute approximate surface area is 76.4 Å². The van der Waals surface area contributed by atoms with Crippen LogP contribution in [0.15, 0.2) is 37.1 Å². The standard InChI is InChI=1S/C9H14O.C2H6/c1-4-6-7-9(3)10-8-5-2;1-2/h4,6-7H,1,3,5,8H2,2H3;1-2H3/b7-6-;. The van der Waals surface area contributed by atoms with E-state index in [2.05, 4.69) is 20.1 Å². The lowest BCUT2D eigenvalue weighted by molar-refractivity contribution is 0.226. The summed E-state index contributed by atoms with van der Waals surface area (Å²) in [7, 11) is 0. The molecule has 0 aromatic rings. The van der Waals surface area contributed by atoms with Gasteiger partial charge in [-0.15, -0.1) is 0 Å². The molecule has 0 radical (unpaired) electrons. The van der Waals surface area contributed by atoms with Crippen LogP contribution in [0.1, 0.15) is 27.2 Å². The molecular formula is C11H20O. The molecule has 0 bridgehead atoms. The predicted molar refractivity (Wildman–Crippen MR) is 56.1 cm³/mol. The average molecular weight is 168 g/mol. The van der Waals surface area contributed by atoms with Crippen molar-refractivity contribution >= 4 is 0 Å². The second kappa shape index (κ2) is 12.7. The zero-order valence-electron chi connectivity index (χ0n) is 8.47. The normalized spacial score (nSPS) is 8.58. The van der Waals surface area contributed by atoms with Crippen LogP contribution < -0.4 is 0 Å². The molecule has 0 fully saturated rings. The van der Waals surface area contributed by atoms with E-state index in [0.29, 0.717) is 5.76 Å². The summed E-state index contributed by atoms with van der Waals surface area (Å²) >= 11 is 0. The van der Waals surface area contributed by atoms with Crippen LogP contribution in [0.4, 0.5) is 0 Å². The predicted octanol–water partition coefficient (Wildman–Crippen LogP) is 3.70. The molecule has 0 spiro atoms. The number of allylic oxidation sites excluding steroid dienone is 3. The maximum atomic E-state index is 5.16. The SMILES string of the molecule is C=C/C=C\C(=C)OCCC.CC. The molecule has 0 N–H and O–H groups in total. The Bertz CT molecular complexity index is 134. The Balaban J connectivity index is 0. The van der Waals surface area contributed by atoms with E-state index in [9.17, 15) is 0 Å². The largest absolute Gasteiger partial charge is 0.494 e. The van der Waals surface area contributed by atoms with Crippen molar-refractivity contribution in [2.75, 3.05) is 6.61 Å². The number of ether oxygens (including phenoxy) is 1. The van der Waals surface area contributed by atoms with Crippen LogP contribution in [-0.4, -0.2) is 6.61 Å². The Morgan fingerprint density at radius 2 is 2.00 bits per heavy atom. The van der Waals surface area contributed by atoms with Crippen LogP contribution in [0.2, 0.25) is 0 Å². The summed E-state index contributed by atoms with van der Waals surface area (Å²) in [6.07, 6.45) is 6.31. The van der Waals surface area contributed by atoms with Crippen LogP contribution >= 0.6 is 0 Å². The summed E-state index contributed by atoms with van der Waals surface area (Å²) in [6, 6.07) is 0. The van der Waals surface area contributed by atoms with E-state index in [1.165, 1.54) is 0 Å². The first-order valence-electron chi connectivity index (χ1n) is 4.42. The van der Waals surface area contributed by atoms with Crippen molar-refractivity contribution in [2.24, 2.45) is 0 Å². The van der Waals surface area contributed by atoms with Gasteiger partial charge in [-0.25, -0.2) is 0 Å². The zero-order chi connectivity index (χ0) is 9.82. The fraction of sp³-hybridized carbons (Fsp3) is 0.455. The minimum atomic E-state index is 0.696. The average Bonchev–Trinajstić information content (AvgIpc) is 2.14. The molecule has 0 aliphatic carbocycles. The van der Waals surface area contributed by atoms with E-state index < -0.39 is 0 Å². The van der Waals surface area contributed by atoms with Gasteiger partial charge < -0.3 is 4.74 Å². The van der Waals surface area contributed by atoms with Gasteiger partial charge in [-0.2, -0.15) is 0 Å². The van der Waals surface area contributed by atoms with Crippen LogP contribution in [0.5, 0.6) is 0 Å². The van der Waals surface area contributed by atoms with E-state index in [1.807, 2.05) is 13.8 Å². The molecule has 0 saturated carbocycles. The van der Waals surface area contributed by atoms with Gasteiger partial charge >= 0.3 is 0 Å². The summed E-state index contributed by atoms with van der Waals surface area (Å²) in [5.74, 6) is 0.696. The Morgan fingerprint density at radius 1 is 1.42 bits per heavy atom. The van der Waals surface area contributed by atoms with E-state index in [-0.39, 0.29) is 0 Å². The first-order chi connectivity index (χ1) is 5.81. The van der Waals surface area contributed by atoms with Gasteiger partial charge in [0.05, 0.1) is 6.61 Å². The van der Waals surface area contributed by atoms with Crippen molar-refractivity contribution in [1.82, 2.24) is 0 Å². The summed E-state index contributed by atoms with van der Waals surface area (Å²) < 4.78 is 5.16. The molecule has 0 amide bonds. The van der Waals surface area contributed by atoms with Gasteiger partial charge in [0.2, 0.25) is 0 Å². The minimum absolute atomic E-state index is 0.696. The molecule has 0 aromatic carbocycles. The molecule has 0 saturated heterocycles. The number of rotatable bonds is 5. The molecule has 70 valence electrons. The monoisotopic (exact) mass is 168 g/mol. The topological polar surface area (TPSA) is 9.23 Å². The van der Waals surface area contributed by atoms with Gasteiger partial charge in [0.25, 0.3) is 0 Å². The Kier molecular flexibility index (Phi) is 14.4. The van der Waals surface area contributed by atoms with E-state index in [4.69, 9.17) is 4.74 Å². The van der Waals surface area contributed by atoms with Gasteiger partial charge in [-0.1, -0.05) is 46.1 Å². The molecule has 0 aliphatic heterocycles. The van der Waals surface area contributed by atoms with E-state index in [1.54, 1.807) is 18.2 Å². The molecule has 0 atom stereocenters. The highest BCUT2D eigenvalue weighted by Gasteiger charge is 1.83. The minimum Gasteiger partial charge on any atom is -0.494 e. The molecule has 0 aliphatic rings. The summed E-state index contributed by atoms with van der Waals surface area (Å²) in [5.41, 5.74) is 0. The Morgan fingerprint density at radius 3 is 2.42 bits per heavy atom. The lowest BCUT2D eigenvalue weighted by atomic mass is 10.4. The van der Waals surface area contributed by atoms with Gasteiger partial charge in [0.15, 0.2) is 0 Å². The molecule has 0 aromatic heterocycles. The van der Waals surface area contributed by atoms with Crippen molar-refractivity contribution in [3.8, 4) is 0 Å². The summed E-state index contributed by atoms with van der Waals surface area (Å²) in [5, 5.41) is 0. The third-order valence-electron chi connectivity index (χ3n) is 0.910. The second-order valence-electron chi connectivity index (χ2n) is 1.91. The maximum absolute atomic E-state index is 5.16. The summed E-state index contributed by atoms with van der Waals surface area (Å²) in [4.78, 5) is 0. The molecule has 12 heavy (non-hydrogen) atoms. The van der Waals surface area contributed by atoms with Crippen molar-refractivity contribution in [2.45, 2.75) is 27.2 Å². The smallest absolute Gasteiger partial charge is 0.112 e. The van der Waals surface area contributed by atoms with Crippen LogP contribution in [0, 0.1) is 0 Å². The quantitative estimate of drug-likeness (QED) is 0.449. The fourth-order valence-electron chi connectivity index (χ4n) is 0.457. The fourth-order valence-corrected chi connectivity index (χ4v) is 0.457. The third-order valence-corrected chi connectivity index (χ3v) is 0.910. The number of hydrogen-bond donors (Lipinski definition) is 0. The highest BCUT2D eigenvalue weighted by atomic mass is 16.5. The molecule has 0 heterocycles. The molecular weight excluding hydrogens is 148 g/mol. The Hall–Kier alpha value is -0.980. The van der Waals surface area contributed by atoms with Gasteiger partial charge in [0.1, 0.15) is 5.76 Å². The van der Waals surface area contributed by atoms with Crippen LogP contribution in [0.3, 0.4) is 0 Å². The van der Waals surface area contributed by atoms with Gasteiger partial charge in [0, 0.05) is 0 Å². The highest BCUT2D eigenvalue weighted by Crippen LogP contribution is 1.96. The van der Waals surface area contributed by atoms with E-state index in [0.717, 1.165) is 13.0 Å². The number of hydrogen-bond acceptors (Lipinski definition) is 1. The lowest BCUT2D eigenvalue weighted by Gasteiger charge is -2.01. The van der Waals surface area contributed by atoms with Crippen molar-refractivity contribution in [3.05, 3.63) is 37.1 Å². The maximum Gasteiger partial charge on any atom is 0.112 e. The summed E-state index contributed by atoms with van der Waals surface area (Å²) in [6.45, 7) is 14.0. The zero-order valence-corrected chi connectivity index (χ0v) is 8.47. The van der Waals surface area contributed by atoms with E-state index >= 15 is 0 Å². The first-order valence-corrected chi connectivity index (χ1v) is 4.42. The highest BCUT2D eigenvalue weighted by molar-refractivity contribution is 5.12.